The summed E-state index contributed by atoms with van der Waals surface area (Å²) in [5.41, 5.74) is 6.03. The molecule has 0 aromatic rings. The van der Waals surface area contributed by atoms with E-state index < -0.39 is 0 Å². The van der Waals surface area contributed by atoms with Gasteiger partial charge in [-0.1, -0.05) is 20.8 Å². The fraction of sp³-hybridized carbons (Fsp3) is 1.00. The van der Waals surface area contributed by atoms with Gasteiger partial charge in [-0.3, -0.25) is 0 Å². The van der Waals surface area contributed by atoms with Gasteiger partial charge < -0.3 is 10.8 Å². The highest BCUT2D eigenvalue weighted by Gasteiger charge is 2.62. The zero-order chi connectivity index (χ0) is 9.41. The summed E-state index contributed by atoms with van der Waals surface area (Å²) < 4.78 is 0. The normalized spacial score (nSPS) is 40.5. The highest BCUT2D eigenvalue weighted by atomic mass is 16.3. The molecule has 0 amide bonds. The van der Waals surface area contributed by atoms with E-state index in [0.29, 0.717) is 17.9 Å². The SMILES string of the molecule is CC(C)CC1(C)CC1(CN)CO. The van der Waals surface area contributed by atoms with Gasteiger partial charge in [-0.05, 0) is 24.2 Å². The monoisotopic (exact) mass is 171 g/mol. The molecule has 0 aromatic heterocycles. The largest absolute Gasteiger partial charge is 0.396 e. The predicted molar refractivity (Wildman–Crippen MR) is 50.8 cm³/mol. The molecule has 1 aliphatic carbocycles. The van der Waals surface area contributed by atoms with Crippen LogP contribution in [-0.2, 0) is 0 Å². The van der Waals surface area contributed by atoms with Gasteiger partial charge >= 0.3 is 0 Å². The maximum atomic E-state index is 9.23. The molecule has 0 aliphatic heterocycles. The minimum Gasteiger partial charge on any atom is -0.396 e. The van der Waals surface area contributed by atoms with Crippen molar-refractivity contribution in [3.8, 4) is 0 Å². The van der Waals surface area contributed by atoms with Gasteiger partial charge in [0.1, 0.15) is 0 Å². The van der Waals surface area contributed by atoms with E-state index in [1.807, 2.05) is 0 Å². The number of rotatable bonds is 4. The lowest BCUT2D eigenvalue weighted by Gasteiger charge is -2.20. The summed E-state index contributed by atoms with van der Waals surface area (Å²) in [6.45, 7) is 7.58. The van der Waals surface area contributed by atoms with Gasteiger partial charge in [0, 0.05) is 12.0 Å². The van der Waals surface area contributed by atoms with E-state index in [2.05, 4.69) is 20.8 Å². The molecule has 0 spiro atoms. The van der Waals surface area contributed by atoms with Crippen molar-refractivity contribution in [2.24, 2.45) is 22.5 Å². The second kappa shape index (κ2) is 3.00. The average molecular weight is 171 g/mol. The van der Waals surface area contributed by atoms with Crippen LogP contribution in [0.1, 0.15) is 33.6 Å². The zero-order valence-corrected chi connectivity index (χ0v) is 8.43. The van der Waals surface area contributed by atoms with Crippen molar-refractivity contribution in [2.45, 2.75) is 33.6 Å². The van der Waals surface area contributed by atoms with Crippen molar-refractivity contribution in [1.29, 1.82) is 0 Å². The molecule has 3 N–H and O–H groups in total. The van der Waals surface area contributed by atoms with Crippen LogP contribution in [0.3, 0.4) is 0 Å². The number of aliphatic hydroxyl groups excluding tert-OH is 1. The molecule has 2 nitrogen and oxygen atoms in total. The van der Waals surface area contributed by atoms with Gasteiger partial charge in [0.25, 0.3) is 0 Å². The summed E-state index contributed by atoms with van der Waals surface area (Å²) in [7, 11) is 0. The van der Waals surface area contributed by atoms with Crippen LogP contribution in [0.2, 0.25) is 0 Å². The van der Waals surface area contributed by atoms with Crippen molar-refractivity contribution in [3.63, 3.8) is 0 Å². The molecular weight excluding hydrogens is 150 g/mol. The maximum absolute atomic E-state index is 9.23. The lowest BCUT2D eigenvalue weighted by Crippen LogP contribution is -2.26. The Balaban J connectivity index is 2.55. The molecule has 0 aromatic carbocycles. The van der Waals surface area contributed by atoms with E-state index >= 15 is 0 Å². The van der Waals surface area contributed by atoms with Crippen LogP contribution in [0, 0.1) is 16.7 Å². The molecule has 72 valence electrons. The lowest BCUT2D eigenvalue weighted by molar-refractivity contribution is 0.170. The second-order valence-electron chi connectivity index (χ2n) is 4.98. The van der Waals surface area contributed by atoms with E-state index in [-0.39, 0.29) is 12.0 Å². The zero-order valence-electron chi connectivity index (χ0n) is 8.43. The first-order chi connectivity index (χ1) is 5.49. The van der Waals surface area contributed by atoms with Crippen LogP contribution in [0.4, 0.5) is 0 Å². The minimum absolute atomic E-state index is 0.0528. The van der Waals surface area contributed by atoms with Crippen molar-refractivity contribution in [3.05, 3.63) is 0 Å². The third-order valence-corrected chi connectivity index (χ3v) is 3.44. The summed E-state index contributed by atoms with van der Waals surface area (Å²) in [4.78, 5) is 0. The molecule has 0 heterocycles. The van der Waals surface area contributed by atoms with E-state index in [1.54, 1.807) is 0 Å². The Morgan fingerprint density at radius 2 is 2.08 bits per heavy atom. The fourth-order valence-electron chi connectivity index (χ4n) is 2.52. The number of hydrogen-bond donors (Lipinski definition) is 2. The van der Waals surface area contributed by atoms with E-state index in [9.17, 15) is 5.11 Å². The fourth-order valence-corrected chi connectivity index (χ4v) is 2.52. The van der Waals surface area contributed by atoms with Gasteiger partial charge in [-0.25, -0.2) is 0 Å². The van der Waals surface area contributed by atoms with Gasteiger partial charge in [0.15, 0.2) is 0 Å². The molecule has 2 heteroatoms. The van der Waals surface area contributed by atoms with Gasteiger partial charge in [-0.15, -0.1) is 0 Å². The average Bonchev–Trinajstić information content (AvgIpc) is 2.55. The predicted octanol–water partition coefficient (Wildman–Crippen LogP) is 1.38. The van der Waals surface area contributed by atoms with E-state index in [4.69, 9.17) is 5.73 Å². The third-order valence-electron chi connectivity index (χ3n) is 3.44. The summed E-state index contributed by atoms with van der Waals surface area (Å²) in [6.07, 6.45) is 2.29. The smallest absolute Gasteiger partial charge is 0.0504 e. The van der Waals surface area contributed by atoms with Gasteiger partial charge in [-0.2, -0.15) is 0 Å². The maximum Gasteiger partial charge on any atom is 0.0504 e. The quantitative estimate of drug-likeness (QED) is 0.671. The van der Waals surface area contributed by atoms with Crippen LogP contribution in [0.5, 0.6) is 0 Å². The summed E-state index contributed by atoms with van der Waals surface area (Å²) in [6, 6.07) is 0. The molecule has 0 saturated heterocycles. The summed E-state index contributed by atoms with van der Waals surface area (Å²) in [5, 5.41) is 9.23. The summed E-state index contributed by atoms with van der Waals surface area (Å²) in [5.74, 6) is 0.704. The topological polar surface area (TPSA) is 46.2 Å². The molecule has 2 unspecified atom stereocenters. The van der Waals surface area contributed by atoms with Crippen LogP contribution in [-0.4, -0.2) is 18.3 Å². The van der Waals surface area contributed by atoms with Crippen molar-refractivity contribution in [2.75, 3.05) is 13.2 Å². The minimum atomic E-state index is 0.0528. The van der Waals surface area contributed by atoms with Crippen LogP contribution < -0.4 is 5.73 Å². The molecular formula is C10H21NO. The molecule has 1 rings (SSSR count). The lowest BCUT2D eigenvalue weighted by atomic mass is 9.87. The molecule has 12 heavy (non-hydrogen) atoms. The molecule has 0 radical (unpaired) electrons. The molecule has 0 bridgehead atoms. The second-order valence-corrected chi connectivity index (χ2v) is 4.98. The highest BCUT2D eigenvalue weighted by molar-refractivity contribution is 5.12. The Morgan fingerprint density at radius 1 is 1.50 bits per heavy atom. The van der Waals surface area contributed by atoms with Crippen LogP contribution in [0.25, 0.3) is 0 Å². The molecule has 1 aliphatic rings. The first kappa shape index (κ1) is 10.0. The van der Waals surface area contributed by atoms with E-state index in [0.717, 1.165) is 6.42 Å². The van der Waals surface area contributed by atoms with Gasteiger partial charge in [0.05, 0.1) is 6.61 Å². The summed E-state index contributed by atoms with van der Waals surface area (Å²) >= 11 is 0. The van der Waals surface area contributed by atoms with Crippen LogP contribution in [0.15, 0.2) is 0 Å². The van der Waals surface area contributed by atoms with E-state index in [1.165, 1.54) is 6.42 Å². The Bertz CT molecular complexity index is 163. The van der Waals surface area contributed by atoms with Crippen molar-refractivity contribution >= 4 is 0 Å². The van der Waals surface area contributed by atoms with Crippen molar-refractivity contribution in [1.82, 2.24) is 0 Å². The number of hydrogen-bond acceptors (Lipinski definition) is 2. The third kappa shape index (κ3) is 1.38. The first-order valence-corrected chi connectivity index (χ1v) is 4.81. The standard InChI is InChI=1S/C10H21NO/c1-8(2)4-9(3)5-10(9,6-11)7-12/h8,12H,4-7,11H2,1-3H3. The Labute approximate surface area is 75.2 Å². The number of aliphatic hydroxyl groups is 1. The number of nitrogens with two attached hydrogens (primary N) is 1. The Morgan fingerprint density at radius 3 is 2.33 bits per heavy atom. The molecule has 1 fully saturated rings. The Kier molecular flexibility index (Phi) is 2.50. The highest BCUT2D eigenvalue weighted by Crippen LogP contribution is 2.65. The van der Waals surface area contributed by atoms with Crippen LogP contribution >= 0.6 is 0 Å². The van der Waals surface area contributed by atoms with Crippen molar-refractivity contribution < 1.29 is 5.11 Å². The molecule has 1 saturated carbocycles. The Hall–Kier alpha value is -0.0800. The first-order valence-electron chi connectivity index (χ1n) is 4.81. The van der Waals surface area contributed by atoms with Gasteiger partial charge in [0.2, 0.25) is 0 Å². The molecule has 2 atom stereocenters.